The summed E-state index contributed by atoms with van der Waals surface area (Å²) < 4.78 is 0. The molecular formula is C12H16N4. The van der Waals surface area contributed by atoms with Crippen LogP contribution in [0.3, 0.4) is 0 Å². The molecular weight excluding hydrogens is 200 g/mol. The molecule has 1 fully saturated rings. The Kier molecular flexibility index (Phi) is 2.29. The number of nitrogens with two attached hydrogens (primary N) is 1. The van der Waals surface area contributed by atoms with Gasteiger partial charge in [-0.15, -0.1) is 0 Å². The van der Waals surface area contributed by atoms with Crippen molar-refractivity contribution in [3.8, 4) is 0 Å². The molecule has 1 heterocycles. The van der Waals surface area contributed by atoms with Gasteiger partial charge in [0.15, 0.2) is 0 Å². The minimum atomic E-state index is 0.485. The highest BCUT2D eigenvalue weighted by Gasteiger charge is 2.26. The van der Waals surface area contributed by atoms with Crippen LogP contribution < -0.4 is 16.2 Å². The van der Waals surface area contributed by atoms with Gasteiger partial charge in [0.1, 0.15) is 0 Å². The summed E-state index contributed by atoms with van der Waals surface area (Å²) in [6.45, 7) is 0.967. The Morgan fingerprint density at radius 1 is 1.38 bits per heavy atom. The fraction of sp³-hybridized carbons (Fsp3) is 0.417. The van der Waals surface area contributed by atoms with Gasteiger partial charge in [0.25, 0.3) is 0 Å². The molecule has 2 aliphatic rings. The third-order valence-electron chi connectivity index (χ3n) is 3.12. The van der Waals surface area contributed by atoms with Gasteiger partial charge in [-0.25, -0.2) is 10.8 Å². The van der Waals surface area contributed by atoms with E-state index in [9.17, 15) is 0 Å². The lowest BCUT2D eigenvalue weighted by Gasteiger charge is -2.20. The minimum absolute atomic E-state index is 0.485. The Balaban J connectivity index is 1.90. The van der Waals surface area contributed by atoms with E-state index in [-0.39, 0.29) is 0 Å². The van der Waals surface area contributed by atoms with Gasteiger partial charge in [-0.1, -0.05) is 18.2 Å². The fourth-order valence-electron chi connectivity index (χ4n) is 2.12. The van der Waals surface area contributed by atoms with Gasteiger partial charge in [0.2, 0.25) is 5.96 Å². The van der Waals surface area contributed by atoms with Crippen LogP contribution in [0.4, 0.5) is 5.69 Å². The average Bonchev–Trinajstić information content (AvgIpc) is 3.04. The van der Waals surface area contributed by atoms with E-state index in [0.29, 0.717) is 6.04 Å². The van der Waals surface area contributed by atoms with E-state index in [2.05, 4.69) is 39.6 Å². The average molecular weight is 216 g/mol. The van der Waals surface area contributed by atoms with Crippen molar-refractivity contribution in [1.82, 2.24) is 5.43 Å². The van der Waals surface area contributed by atoms with E-state index in [1.165, 1.54) is 24.1 Å². The molecule has 16 heavy (non-hydrogen) atoms. The van der Waals surface area contributed by atoms with Gasteiger partial charge >= 0.3 is 0 Å². The number of nitrogens with one attached hydrogen (secondary N) is 1. The second kappa shape index (κ2) is 3.79. The number of hydrogen-bond acceptors (Lipinski definition) is 2. The highest BCUT2D eigenvalue weighted by Crippen LogP contribution is 2.29. The third kappa shape index (κ3) is 1.65. The van der Waals surface area contributed by atoms with Crippen LogP contribution in [0.5, 0.6) is 0 Å². The van der Waals surface area contributed by atoms with Gasteiger partial charge in [0, 0.05) is 12.2 Å². The maximum atomic E-state index is 5.56. The Labute approximate surface area is 95.1 Å². The zero-order chi connectivity index (χ0) is 11.0. The summed E-state index contributed by atoms with van der Waals surface area (Å²) in [6, 6.07) is 8.92. The van der Waals surface area contributed by atoms with Gasteiger partial charge in [-0.3, -0.25) is 5.43 Å². The normalized spacial score (nSPS) is 19.8. The van der Waals surface area contributed by atoms with E-state index in [1.54, 1.807) is 0 Å². The van der Waals surface area contributed by atoms with Crippen LogP contribution in [-0.2, 0) is 6.42 Å². The van der Waals surface area contributed by atoms with Crippen molar-refractivity contribution >= 4 is 11.6 Å². The Morgan fingerprint density at radius 2 is 2.19 bits per heavy atom. The molecule has 84 valence electrons. The molecule has 1 saturated carbocycles. The lowest BCUT2D eigenvalue weighted by Crippen LogP contribution is -2.44. The predicted octanol–water partition coefficient (Wildman–Crippen LogP) is 1.03. The lowest BCUT2D eigenvalue weighted by atomic mass is 10.2. The summed E-state index contributed by atoms with van der Waals surface area (Å²) in [4.78, 5) is 6.77. The molecule has 1 aliphatic heterocycles. The van der Waals surface area contributed by atoms with Gasteiger partial charge in [0.05, 0.1) is 6.04 Å². The van der Waals surface area contributed by atoms with Crippen molar-refractivity contribution in [2.45, 2.75) is 25.3 Å². The Hall–Kier alpha value is -1.55. The van der Waals surface area contributed by atoms with Crippen LogP contribution in [0.1, 0.15) is 18.4 Å². The molecule has 1 aromatic rings. The topological polar surface area (TPSA) is 53.6 Å². The van der Waals surface area contributed by atoms with E-state index in [0.717, 1.165) is 18.9 Å². The van der Waals surface area contributed by atoms with Crippen LogP contribution in [0.2, 0.25) is 0 Å². The lowest BCUT2D eigenvalue weighted by molar-refractivity contribution is 0.900. The van der Waals surface area contributed by atoms with E-state index in [4.69, 9.17) is 5.84 Å². The smallest absolute Gasteiger partial charge is 0.213 e. The summed E-state index contributed by atoms with van der Waals surface area (Å²) in [7, 11) is 0. The zero-order valence-electron chi connectivity index (χ0n) is 9.19. The van der Waals surface area contributed by atoms with E-state index >= 15 is 0 Å². The number of aliphatic imine (C=N–C) groups is 1. The molecule has 1 aliphatic carbocycles. The number of para-hydroxylation sites is 1. The monoisotopic (exact) mass is 216 g/mol. The molecule has 4 nitrogen and oxygen atoms in total. The molecule has 0 atom stereocenters. The zero-order valence-corrected chi connectivity index (χ0v) is 9.19. The predicted molar refractivity (Wildman–Crippen MR) is 65.3 cm³/mol. The van der Waals surface area contributed by atoms with Crippen LogP contribution >= 0.6 is 0 Å². The molecule has 0 spiro atoms. The molecule has 0 saturated heterocycles. The van der Waals surface area contributed by atoms with Gasteiger partial charge in [-0.05, 0) is 30.9 Å². The minimum Gasteiger partial charge on any atom is -0.311 e. The van der Waals surface area contributed by atoms with Gasteiger partial charge in [-0.2, -0.15) is 0 Å². The molecule has 0 radical (unpaired) electrons. The first-order valence-corrected chi connectivity index (χ1v) is 5.78. The highest BCUT2D eigenvalue weighted by molar-refractivity contribution is 5.97. The summed E-state index contributed by atoms with van der Waals surface area (Å²) in [5.74, 6) is 6.38. The maximum Gasteiger partial charge on any atom is 0.213 e. The standard InChI is InChI=1S/C12H16N4/c13-15-12(14-10-5-6-10)16-8-7-9-3-1-2-4-11(9)16/h1-4,10H,5-8,13H2,(H,14,15). The SMILES string of the molecule is NNC(=NC1CC1)N1CCc2ccccc21. The Bertz CT molecular complexity index is 423. The molecule has 3 rings (SSSR count). The first-order chi connectivity index (χ1) is 7.88. The summed E-state index contributed by atoms with van der Waals surface area (Å²) >= 11 is 0. The number of fused-ring (bicyclic) bond motifs is 1. The van der Waals surface area contributed by atoms with Crippen LogP contribution in [0.25, 0.3) is 0 Å². The van der Waals surface area contributed by atoms with Crippen molar-refractivity contribution in [2.24, 2.45) is 10.8 Å². The summed E-state index contributed by atoms with van der Waals surface area (Å²) in [6.07, 6.45) is 3.46. The quantitative estimate of drug-likeness (QED) is 0.319. The molecule has 0 amide bonds. The molecule has 0 unspecified atom stereocenters. The largest absolute Gasteiger partial charge is 0.311 e. The number of nitrogens with zero attached hydrogens (tertiary/aromatic N) is 2. The second-order valence-corrected chi connectivity index (χ2v) is 4.36. The summed E-state index contributed by atoms with van der Waals surface area (Å²) in [5.41, 5.74) is 5.34. The first kappa shape index (κ1) is 9.66. The maximum absolute atomic E-state index is 5.56. The van der Waals surface area contributed by atoms with Crippen LogP contribution in [0, 0.1) is 0 Å². The molecule has 3 N–H and O–H groups in total. The molecule has 0 bridgehead atoms. The van der Waals surface area contributed by atoms with Crippen molar-refractivity contribution in [1.29, 1.82) is 0 Å². The number of hydrogen-bond donors (Lipinski definition) is 2. The van der Waals surface area contributed by atoms with Crippen molar-refractivity contribution in [2.75, 3.05) is 11.4 Å². The van der Waals surface area contributed by atoms with Crippen molar-refractivity contribution in [3.05, 3.63) is 29.8 Å². The highest BCUT2D eigenvalue weighted by atomic mass is 15.4. The van der Waals surface area contributed by atoms with E-state index < -0.39 is 0 Å². The first-order valence-electron chi connectivity index (χ1n) is 5.78. The van der Waals surface area contributed by atoms with Crippen LogP contribution in [0.15, 0.2) is 29.3 Å². The number of rotatable bonds is 1. The number of benzene rings is 1. The third-order valence-corrected chi connectivity index (χ3v) is 3.12. The molecule has 0 aromatic heterocycles. The second-order valence-electron chi connectivity index (χ2n) is 4.36. The Morgan fingerprint density at radius 3 is 2.94 bits per heavy atom. The molecule has 4 heteroatoms. The fourth-order valence-corrected chi connectivity index (χ4v) is 2.12. The number of hydrazine groups is 1. The summed E-state index contributed by atoms with van der Waals surface area (Å²) in [5, 5.41) is 0. The molecule has 1 aromatic carbocycles. The van der Waals surface area contributed by atoms with Crippen molar-refractivity contribution in [3.63, 3.8) is 0 Å². The van der Waals surface area contributed by atoms with Crippen LogP contribution in [-0.4, -0.2) is 18.5 Å². The van der Waals surface area contributed by atoms with Gasteiger partial charge < -0.3 is 4.90 Å². The number of guanidine groups is 1. The number of anilines is 1. The van der Waals surface area contributed by atoms with E-state index in [1.807, 2.05) is 0 Å². The van der Waals surface area contributed by atoms with Crippen molar-refractivity contribution < 1.29 is 0 Å².